The molecule has 1 rings (SSSR count). The van der Waals surface area contributed by atoms with Gasteiger partial charge in [-0.15, -0.1) is 0 Å². The highest BCUT2D eigenvalue weighted by Crippen LogP contribution is 2.22. The Morgan fingerprint density at radius 1 is 1.48 bits per heavy atom. The molecule has 1 aromatic rings. The molecule has 0 radical (unpaired) electrons. The first-order chi connectivity index (χ1) is 9.85. The largest absolute Gasteiger partial charge is 0.507 e. The Morgan fingerprint density at radius 3 is 2.71 bits per heavy atom. The molecule has 0 atom stereocenters. The fraction of sp³-hybridized carbons (Fsp3) is 0.429. The van der Waals surface area contributed by atoms with Gasteiger partial charge >= 0.3 is 0 Å². The fourth-order valence-corrected chi connectivity index (χ4v) is 2.36. The molecule has 1 amide bonds. The van der Waals surface area contributed by atoms with Crippen LogP contribution in [0.3, 0.4) is 0 Å². The number of hydrogen-bond donors (Lipinski definition) is 3. The van der Waals surface area contributed by atoms with E-state index in [4.69, 9.17) is 10.9 Å². The summed E-state index contributed by atoms with van der Waals surface area (Å²) in [7, 11) is 0. The number of hydrogen-bond acceptors (Lipinski definition) is 4. The van der Waals surface area contributed by atoms with Crippen LogP contribution in [0.15, 0.2) is 23.4 Å². The first-order valence-electron chi connectivity index (χ1n) is 6.59. The summed E-state index contributed by atoms with van der Waals surface area (Å²) in [6.45, 7) is 4.86. The topological polar surface area (TPSA) is 99.1 Å². The number of aromatic hydroxyl groups is 1. The van der Waals surface area contributed by atoms with Crippen molar-refractivity contribution in [1.82, 2.24) is 4.90 Å². The van der Waals surface area contributed by atoms with Crippen LogP contribution in [0.2, 0.25) is 0 Å². The summed E-state index contributed by atoms with van der Waals surface area (Å²) in [5, 5.41) is 21.4. The molecule has 0 unspecified atom stereocenters. The summed E-state index contributed by atoms with van der Waals surface area (Å²) in [4.78, 5) is 14.2. The van der Waals surface area contributed by atoms with Crippen LogP contribution in [-0.2, 0) is 0 Å². The van der Waals surface area contributed by atoms with Crippen LogP contribution in [0.25, 0.3) is 0 Å². The quantitative estimate of drug-likeness (QED) is 0.222. The Morgan fingerprint density at radius 2 is 2.14 bits per heavy atom. The molecule has 0 saturated heterocycles. The van der Waals surface area contributed by atoms with Crippen LogP contribution >= 0.6 is 22.6 Å². The zero-order chi connectivity index (χ0) is 16.0. The molecule has 1 aromatic carbocycles. The zero-order valence-electron chi connectivity index (χ0n) is 12.1. The first-order valence-corrected chi connectivity index (χ1v) is 7.67. The van der Waals surface area contributed by atoms with E-state index >= 15 is 0 Å². The maximum absolute atomic E-state index is 12.6. The molecule has 21 heavy (non-hydrogen) atoms. The van der Waals surface area contributed by atoms with Gasteiger partial charge in [0.15, 0.2) is 0 Å². The molecule has 0 aliphatic heterocycles. The van der Waals surface area contributed by atoms with E-state index in [0.29, 0.717) is 13.1 Å². The number of phenolic OH excluding ortho intramolecular Hbond substituents is 1. The first kappa shape index (κ1) is 17.5. The van der Waals surface area contributed by atoms with Crippen LogP contribution in [0, 0.1) is 9.49 Å². The van der Waals surface area contributed by atoms with Crippen molar-refractivity contribution >= 4 is 34.3 Å². The maximum Gasteiger partial charge on any atom is 0.257 e. The number of amidine groups is 1. The smallest absolute Gasteiger partial charge is 0.257 e. The van der Waals surface area contributed by atoms with E-state index in [1.54, 1.807) is 17.0 Å². The standard InChI is InChI=1S/C14H20IN3O3/c1-9(2)8-18(6-5-13(16)17-21)14(20)11-7-10(15)3-4-12(11)19/h3-4,7,9,19,21H,5-6,8H2,1-2H3,(H2,16,17). The molecular formula is C14H20IN3O3. The lowest BCUT2D eigenvalue weighted by atomic mass is 10.1. The minimum atomic E-state index is -0.259. The van der Waals surface area contributed by atoms with Crippen LogP contribution in [-0.4, -0.2) is 40.0 Å². The summed E-state index contributed by atoms with van der Waals surface area (Å²) in [6.07, 6.45) is 0.277. The van der Waals surface area contributed by atoms with Gasteiger partial charge in [0, 0.05) is 23.1 Å². The van der Waals surface area contributed by atoms with Gasteiger partial charge in [0.25, 0.3) is 5.91 Å². The molecule has 0 aromatic heterocycles. The van der Waals surface area contributed by atoms with E-state index in [-0.39, 0.29) is 35.4 Å². The predicted molar refractivity (Wildman–Crippen MR) is 89.6 cm³/mol. The fourth-order valence-electron chi connectivity index (χ4n) is 1.87. The molecular weight excluding hydrogens is 385 g/mol. The average molecular weight is 405 g/mol. The maximum atomic E-state index is 12.6. The van der Waals surface area contributed by atoms with E-state index in [1.807, 2.05) is 13.8 Å². The number of benzene rings is 1. The minimum Gasteiger partial charge on any atom is -0.507 e. The highest BCUT2D eigenvalue weighted by molar-refractivity contribution is 14.1. The number of halogens is 1. The van der Waals surface area contributed by atoms with E-state index < -0.39 is 0 Å². The Balaban J connectivity index is 2.96. The van der Waals surface area contributed by atoms with E-state index in [1.165, 1.54) is 6.07 Å². The lowest BCUT2D eigenvalue weighted by molar-refractivity contribution is 0.0737. The number of oxime groups is 1. The zero-order valence-corrected chi connectivity index (χ0v) is 14.2. The van der Waals surface area contributed by atoms with Gasteiger partial charge in [-0.2, -0.15) is 0 Å². The van der Waals surface area contributed by atoms with Crippen molar-refractivity contribution in [1.29, 1.82) is 0 Å². The van der Waals surface area contributed by atoms with Crippen molar-refractivity contribution in [2.75, 3.05) is 13.1 Å². The van der Waals surface area contributed by atoms with Crippen molar-refractivity contribution in [3.05, 3.63) is 27.3 Å². The number of amides is 1. The van der Waals surface area contributed by atoms with Gasteiger partial charge in [0.05, 0.1) is 5.56 Å². The Bertz CT molecular complexity index is 532. The highest BCUT2D eigenvalue weighted by Gasteiger charge is 2.20. The number of nitrogens with two attached hydrogens (primary N) is 1. The third-order valence-corrected chi connectivity index (χ3v) is 3.50. The molecule has 4 N–H and O–H groups in total. The Labute approximate surface area is 137 Å². The molecule has 0 aliphatic rings. The number of phenols is 1. The number of rotatable bonds is 6. The molecule has 0 saturated carbocycles. The normalized spacial score (nSPS) is 11.7. The molecule has 7 heteroatoms. The molecule has 116 valence electrons. The average Bonchev–Trinajstić information content (AvgIpc) is 2.44. The van der Waals surface area contributed by atoms with Crippen LogP contribution in [0.4, 0.5) is 0 Å². The van der Waals surface area contributed by atoms with Gasteiger partial charge in [0.2, 0.25) is 0 Å². The summed E-state index contributed by atoms with van der Waals surface area (Å²) in [6, 6.07) is 4.89. The second-order valence-corrected chi connectivity index (χ2v) is 6.39. The third-order valence-electron chi connectivity index (χ3n) is 2.83. The van der Waals surface area contributed by atoms with E-state index in [9.17, 15) is 9.90 Å². The molecule has 0 heterocycles. The van der Waals surface area contributed by atoms with Gasteiger partial charge in [-0.25, -0.2) is 0 Å². The minimum absolute atomic E-state index is 0.0435. The summed E-state index contributed by atoms with van der Waals surface area (Å²) in [5.41, 5.74) is 5.72. The van der Waals surface area contributed by atoms with Crippen molar-refractivity contribution in [3.8, 4) is 5.75 Å². The summed E-state index contributed by atoms with van der Waals surface area (Å²) in [5.74, 6) is 0.0398. The number of carbonyl (C=O) groups excluding carboxylic acids is 1. The number of nitrogens with zero attached hydrogens (tertiary/aromatic N) is 2. The second-order valence-electron chi connectivity index (χ2n) is 5.15. The van der Waals surface area contributed by atoms with Crippen LogP contribution < -0.4 is 5.73 Å². The van der Waals surface area contributed by atoms with Crippen molar-refractivity contribution in [2.24, 2.45) is 16.8 Å². The summed E-state index contributed by atoms with van der Waals surface area (Å²) < 4.78 is 0.870. The van der Waals surface area contributed by atoms with Crippen molar-refractivity contribution in [3.63, 3.8) is 0 Å². The van der Waals surface area contributed by atoms with E-state index in [2.05, 4.69) is 27.7 Å². The SMILES string of the molecule is CC(C)CN(CC/C(N)=N/O)C(=O)c1cc(I)ccc1O. The van der Waals surface area contributed by atoms with Gasteiger partial charge < -0.3 is 20.9 Å². The van der Waals surface area contributed by atoms with Gasteiger partial charge in [-0.05, 0) is 46.7 Å². The Kier molecular flexibility index (Phi) is 6.73. The van der Waals surface area contributed by atoms with Gasteiger partial charge in [-0.1, -0.05) is 19.0 Å². The third kappa shape index (κ3) is 5.41. The van der Waals surface area contributed by atoms with Crippen LogP contribution in [0.5, 0.6) is 5.75 Å². The molecule has 0 bridgehead atoms. The Hall–Kier alpha value is -1.51. The number of carbonyl (C=O) groups is 1. The van der Waals surface area contributed by atoms with Crippen LogP contribution in [0.1, 0.15) is 30.6 Å². The lowest BCUT2D eigenvalue weighted by Crippen LogP contribution is -2.36. The van der Waals surface area contributed by atoms with Gasteiger partial charge in [-0.3, -0.25) is 4.79 Å². The molecule has 0 spiro atoms. The lowest BCUT2D eigenvalue weighted by Gasteiger charge is -2.25. The monoisotopic (exact) mass is 405 g/mol. The van der Waals surface area contributed by atoms with Crippen molar-refractivity contribution in [2.45, 2.75) is 20.3 Å². The van der Waals surface area contributed by atoms with Crippen molar-refractivity contribution < 1.29 is 15.1 Å². The van der Waals surface area contributed by atoms with E-state index in [0.717, 1.165) is 3.57 Å². The van der Waals surface area contributed by atoms with Gasteiger partial charge in [0.1, 0.15) is 11.6 Å². The summed E-state index contributed by atoms with van der Waals surface area (Å²) >= 11 is 2.09. The molecule has 0 aliphatic carbocycles. The molecule has 6 nitrogen and oxygen atoms in total. The predicted octanol–water partition coefficient (Wildman–Crippen LogP) is 2.23. The second kappa shape index (κ2) is 8.06. The molecule has 0 fully saturated rings. The highest BCUT2D eigenvalue weighted by atomic mass is 127.